The SMILES string of the molecule is CCCN(C(=O)c1cc2ccccc2n1C(C)=O)S(=O)(=O)c1cccc2ccccc12. The summed E-state index contributed by atoms with van der Waals surface area (Å²) in [6.45, 7) is 3.16. The van der Waals surface area contributed by atoms with E-state index in [-0.39, 0.29) is 23.0 Å². The summed E-state index contributed by atoms with van der Waals surface area (Å²) in [5.74, 6) is -1.08. The first-order valence-corrected chi connectivity index (χ1v) is 11.5. The van der Waals surface area contributed by atoms with Crippen LogP contribution in [-0.2, 0) is 10.0 Å². The van der Waals surface area contributed by atoms with E-state index >= 15 is 0 Å². The van der Waals surface area contributed by atoms with E-state index < -0.39 is 15.9 Å². The van der Waals surface area contributed by atoms with E-state index in [4.69, 9.17) is 0 Å². The first kappa shape index (κ1) is 20.8. The summed E-state index contributed by atoms with van der Waals surface area (Å²) in [7, 11) is -4.16. The van der Waals surface area contributed by atoms with Crippen LogP contribution in [0.15, 0.2) is 77.7 Å². The molecule has 0 aliphatic rings. The molecule has 6 nitrogen and oxygen atoms in total. The second kappa shape index (κ2) is 8.00. The number of amides is 1. The summed E-state index contributed by atoms with van der Waals surface area (Å²) < 4.78 is 29.5. The molecule has 0 fully saturated rings. The van der Waals surface area contributed by atoms with Gasteiger partial charge in [-0.2, -0.15) is 0 Å². The van der Waals surface area contributed by atoms with E-state index in [1.165, 1.54) is 17.6 Å². The third-order valence-corrected chi connectivity index (χ3v) is 7.06. The van der Waals surface area contributed by atoms with Crippen LogP contribution in [0.1, 0.15) is 35.6 Å². The minimum atomic E-state index is -4.16. The Morgan fingerprint density at radius 1 is 0.903 bits per heavy atom. The van der Waals surface area contributed by atoms with Gasteiger partial charge in [0, 0.05) is 24.2 Å². The third-order valence-electron chi connectivity index (χ3n) is 5.22. The smallest absolute Gasteiger partial charge is 0.275 e. The lowest BCUT2D eigenvalue weighted by atomic mass is 10.1. The third kappa shape index (κ3) is 3.51. The molecule has 0 spiro atoms. The van der Waals surface area contributed by atoms with E-state index in [1.807, 2.05) is 18.2 Å². The first-order valence-electron chi connectivity index (χ1n) is 10.0. The number of carbonyl (C=O) groups is 2. The highest BCUT2D eigenvalue weighted by Gasteiger charge is 2.33. The first-order chi connectivity index (χ1) is 14.9. The van der Waals surface area contributed by atoms with Gasteiger partial charge in [0.1, 0.15) is 5.69 Å². The minimum Gasteiger partial charge on any atom is -0.275 e. The number of nitrogens with zero attached hydrogens (tertiary/aromatic N) is 2. The molecule has 4 aromatic rings. The number of aromatic nitrogens is 1. The molecule has 3 aromatic carbocycles. The summed E-state index contributed by atoms with van der Waals surface area (Å²) in [6, 6.07) is 20.8. The lowest BCUT2D eigenvalue weighted by molar-refractivity contribution is 0.0828. The molecule has 0 saturated carbocycles. The average molecular weight is 435 g/mol. The number of hydrogen-bond acceptors (Lipinski definition) is 4. The topological polar surface area (TPSA) is 76.5 Å². The maximum atomic E-state index is 13.7. The number of rotatable bonds is 5. The number of para-hydroxylation sites is 1. The number of sulfonamides is 1. The number of benzene rings is 3. The van der Waals surface area contributed by atoms with E-state index in [9.17, 15) is 18.0 Å². The Labute approximate surface area is 180 Å². The Morgan fingerprint density at radius 2 is 1.55 bits per heavy atom. The molecule has 1 heterocycles. The van der Waals surface area contributed by atoms with Gasteiger partial charge in [-0.05, 0) is 30.0 Å². The molecule has 31 heavy (non-hydrogen) atoms. The zero-order chi connectivity index (χ0) is 22.2. The Hall–Kier alpha value is -3.45. The van der Waals surface area contributed by atoms with Crippen LogP contribution >= 0.6 is 0 Å². The van der Waals surface area contributed by atoms with Gasteiger partial charge in [0.15, 0.2) is 0 Å². The van der Waals surface area contributed by atoms with Crippen LogP contribution in [0.2, 0.25) is 0 Å². The van der Waals surface area contributed by atoms with Gasteiger partial charge < -0.3 is 0 Å². The van der Waals surface area contributed by atoms with Crippen LogP contribution in [0.3, 0.4) is 0 Å². The molecule has 0 bridgehead atoms. The van der Waals surface area contributed by atoms with Gasteiger partial charge in [0.05, 0.1) is 10.4 Å². The highest BCUT2D eigenvalue weighted by atomic mass is 32.2. The molecular formula is C24H22N2O4S. The van der Waals surface area contributed by atoms with Crippen molar-refractivity contribution in [3.63, 3.8) is 0 Å². The predicted octanol–water partition coefficient (Wildman–Crippen LogP) is 4.70. The highest BCUT2D eigenvalue weighted by molar-refractivity contribution is 7.90. The maximum absolute atomic E-state index is 13.7. The van der Waals surface area contributed by atoms with Crippen molar-refractivity contribution in [3.8, 4) is 0 Å². The van der Waals surface area contributed by atoms with Crippen LogP contribution in [0.25, 0.3) is 21.7 Å². The van der Waals surface area contributed by atoms with Crippen molar-refractivity contribution in [2.24, 2.45) is 0 Å². The minimum absolute atomic E-state index is 0.00379. The lowest BCUT2D eigenvalue weighted by Crippen LogP contribution is -2.39. The molecular weight excluding hydrogens is 412 g/mol. The molecule has 158 valence electrons. The zero-order valence-corrected chi connectivity index (χ0v) is 18.1. The van der Waals surface area contributed by atoms with Gasteiger partial charge in [-0.3, -0.25) is 14.2 Å². The molecule has 4 rings (SSSR count). The van der Waals surface area contributed by atoms with Crippen LogP contribution in [-0.4, -0.2) is 35.6 Å². The van der Waals surface area contributed by atoms with Crippen molar-refractivity contribution in [3.05, 3.63) is 78.5 Å². The van der Waals surface area contributed by atoms with E-state index in [0.29, 0.717) is 22.7 Å². The van der Waals surface area contributed by atoms with Crippen molar-refractivity contribution in [1.29, 1.82) is 0 Å². The summed E-state index contributed by atoms with van der Waals surface area (Å²) in [5, 5.41) is 2.01. The molecule has 0 saturated heterocycles. The molecule has 0 aliphatic carbocycles. The van der Waals surface area contributed by atoms with E-state index in [0.717, 1.165) is 9.69 Å². The van der Waals surface area contributed by atoms with Gasteiger partial charge in [0.2, 0.25) is 5.91 Å². The Kier molecular flexibility index (Phi) is 5.37. The molecule has 0 atom stereocenters. The molecule has 0 aliphatic heterocycles. The van der Waals surface area contributed by atoms with Crippen molar-refractivity contribution < 1.29 is 18.0 Å². The van der Waals surface area contributed by atoms with Crippen LogP contribution in [0, 0.1) is 0 Å². The summed E-state index contributed by atoms with van der Waals surface area (Å²) in [5.41, 5.74) is 0.600. The number of fused-ring (bicyclic) bond motifs is 2. The standard InChI is InChI=1S/C24H22N2O4S/c1-3-15-25(31(29,30)23-14-8-11-18-9-4-6-12-20(18)23)24(28)22-16-19-10-5-7-13-21(19)26(22)17(2)27/h4-14,16H,3,15H2,1-2H3. The van der Waals surface area contributed by atoms with E-state index in [1.54, 1.807) is 55.5 Å². The maximum Gasteiger partial charge on any atom is 0.284 e. The molecule has 0 N–H and O–H groups in total. The second-order valence-corrected chi connectivity index (χ2v) is 9.13. The molecule has 7 heteroatoms. The van der Waals surface area contributed by atoms with Crippen molar-refractivity contribution in [2.75, 3.05) is 6.54 Å². The monoisotopic (exact) mass is 434 g/mol. The Bertz CT molecular complexity index is 1410. The fourth-order valence-corrected chi connectivity index (χ4v) is 5.54. The normalized spacial score (nSPS) is 11.7. The van der Waals surface area contributed by atoms with Gasteiger partial charge in [-0.15, -0.1) is 0 Å². The molecule has 0 unspecified atom stereocenters. The lowest BCUT2D eigenvalue weighted by Gasteiger charge is -2.23. The summed E-state index contributed by atoms with van der Waals surface area (Å²) in [4.78, 5) is 26.0. The fraction of sp³-hybridized carbons (Fsp3) is 0.167. The Balaban J connectivity index is 1.90. The number of carbonyl (C=O) groups excluding carboxylic acids is 2. The molecule has 0 radical (unpaired) electrons. The van der Waals surface area contributed by atoms with Gasteiger partial charge in [-0.1, -0.05) is 61.5 Å². The fourth-order valence-electron chi connectivity index (χ4n) is 3.85. The highest BCUT2D eigenvalue weighted by Crippen LogP contribution is 2.28. The van der Waals surface area contributed by atoms with E-state index in [2.05, 4.69) is 0 Å². The van der Waals surface area contributed by atoms with Crippen molar-refractivity contribution in [1.82, 2.24) is 8.87 Å². The van der Waals surface area contributed by atoms with Crippen LogP contribution in [0.4, 0.5) is 0 Å². The molecule has 1 amide bonds. The van der Waals surface area contributed by atoms with Gasteiger partial charge in [0.25, 0.3) is 15.9 Å². The van der Waals surface area contributed by atoms with Gasteiger partial charge >= 0.3 is 0 Å². The van der Waals surface area contributed by atoms with Crippen LogP contribution in [0.5, 0.6) is 0 Å². The zero-order valence-electron chi connectivity index (χ0n) is 17.3. The second-order valence-electron chi connectivity index (χ2n) is 7.30. The van der Waals surface area contributed by atoms with Crippen molar-refractivity contribution in [2.45, 2.75) is 25.2 Å². The quantitative estimate of drug-likeness (QED) is 0.456. The summed E-state index contributed by atoms with van der Waals surface area (Å²) in [6.07, 6.45) is 0.441. The number of hydrogen-bond donors (Lipinski definition) is 0. The predicted molar refractivity (Wildman–Crippen MR) is 121 cm³/mol. The average Bonchev–Trinajstić information content (AvgIpc) is 3.16. The largest absolute Gasteiger partial charge is 0.284 e. The Morgan fingerprint density at radius 3 is 2.26 bits per heavy atom. The van der Waals surface area contributed by atoms with Gasteiger partial charge in [-0.25, -0.2) is 12.7 Å². The van der Waals surface area contributed by atoms with Crippen molar-refractivity contribution >= 4 is 43.5 Å². The van der Waals surface area contributed by atoms with Crippen LogP contribution < -0.4 is 0 Å². The summed E-state index contributed by atoms with van der Waals surface area (Å²) >= 11 is 0. The molecule has 1 aromatic heterocycles.